The number of nitrogens with zero attached hydrogens (tertiary/aromatic N) is 8. The molecule has 10 nitrogen and oxygen atoms in total. The maximum absolute atomic E-state index is 6.49. The van der Waals surface area contributed by atoms with Crippen LogP contribution < -0.4 is 0 Å². The molecule has 10 heteroatoms. The second-order valence-corrected chi connectivity index (χ2v) is 30.3. The van der Waals surface area contributed by atoms with Gasteiger partial charge in [-0.2, -0.15) is 0 Å². The summed E-state index contributed by atoms with van der Waals surface area (Å²) in [7, 11) is 0. The van der Waals surface area contributed by atoms with E-state index in [1.807, 2.05) is 103 Å². The third kappa shape index (κ3) is 9.65. The van der Waals surface area contributed by atoms with E-state index in [1.165, 1.54) is 104 Å². The van der Waals surface area contributed by atoms with Crippen LogP contribution in [0, 0.1) is 0 Å². The number of rotatable bonds is 8. The molecule has 18 aromatic carbocycles. The molecule has 0 aliphatic heterocycles. The number of fused-ring (bicyclic) bond motifs is 14. The third-order valence-electron chi connectivity index (χ3n) is 23.9. The summed E-state index contributed by atoms with van der Waals surface area (Å²) in [4.78, 5) is 30.3. The summed E-state index contributed by atoms with van der Waals surface area (Å²) >= 11 is 0. The fraction of sp³-hybridized carbons (Fsp3) is 0. The Morgan fingerprint density at radius 3 is 1.09 bits per heavy atom. The van der Waals surface area contributed by atoms with Crippen LogP contribution in [-0.4, -0.2) is 39.0 Å². The summed E-state index contributed by atoms with van der Waals surface area (Å²) in [5.41, 5.74) is 25.8. The lowest BCUT2D eigenvalue weighted by Gasteiger charge is -2.16. The molecule has 0 atom stereocenters. The van der Waals surface area contributed by atoms with E-state index in [4.69, 9.17) is 38.7 Å². The summed E-state index contributed by atoms with van der Waals surface area (Å²) < 4.78 is 17.8. The molecule has 116 heavy (non-hydrogen) atoms. The van der Waals surface area contributed by atoms with E-state index >= 15 is 0 Å². The molecule has 0 bridgehead atoms. The maximum atomic E-state index is 6.49. The van der Waals surface area contributed by atoms with Crippen LogP contribution in [0.5, 0.6) is 0 Å². The van der Waals surface area contributed by atoms with Gasteiger partial charge in [0.25, 0.3) is 0 Å². The first-order chi connectivity index (χ1) is 57.5. The topological polar surface area (TPSA) is 113 Å². The molecule has 0 unspecified atom stereocenters. The number of furan rings is 2. The normalized spacial score (nSPS) is 12.1. The highest BCUT2D eigenvalue weighted by Gasteiger charge is 2.30. The smallest absolute Gasteiger partial charge is 0.164 e. The molecule has 2 aliphatic rings. The van der Waals surface area contributed by atoms with Gasteiger partial charge in [-0.1, -0.05) is 261 Å². The van der Waals surface area contributed by atoms with Crippen LogP contribution in [0.2, 0.25) is 0 Å². The molecule has 0 fully saturated rings. The van der Waals surface area contributed by atoms with Gasteiger partial charge < -0.3 is 18.0 Å². The van der Waals surface area contributed by atoms with Crippen molar-refractivity contribution < 1.29 is 8.83 Å². The lowest BCUT2D eigenvalue weighted by atomic mass is 9.92. The quantitative estimate of drug-likeness (QED) is 0.148. The van der Waals surface area contributed by atoms with Gasteiger partial charge in [-0.25, -0.2) is 29.9 Å². The number of para-hydroxylation sites is 2. The Balaban J connectivity index is 0.000000130. The van der Waals surface area contributed by atoms with Crippen molar-refractivity contribution in [3.05, 3.63) is 364 Å². The molecule has 6 aromatic heterocycles. The van der Waals surface area contributed by atoms with E-state index in [-0.39, 0.29) is 0 Å². The Morgan fingerprint density at radius 1 is 0.181 bits per heavy atom. The Labute approximate surface area is 662 Å². The van der Waals surface area contributed by atoms with Gasteiger partial charge >= 0.3 is 0 Å². The lowest BCUT2D eigenvalue weighted by molar-refractivity contribution is 0.668. The zero-order chi connectivity index (χ0) is 75.8. The zero-order valence-corrected chi connectivity index (χ0v) is 62.0. The largest absolute Gasteiger partial charge is 0.456 e. The number of aromatic nitrogens is 8. The van der Waals surface area contributed by atoms with Crippen molar-refractivity contribution >= 4 is 131 Å². The standard InChI is InChI=1S/2C53H30N4O/c1-3-13-32(14-4-1)51-54-52(33-15-5-2-6-16-33)56-53(55-51)39-26-28-43(35-19-8-7-18-34(35)39)57-44-23-12-22-38-41-30-47-42(36-20-9-10-24-46(36)58-47)29-40(41)37-21-11-17-31-25-27-45(57)50(48(31)37)49(38)44;1-2-11-33(12-3-1)51-54-52(56-53(55-51)36-21-20-31-10-4-5-13-35(31)28-36)34-22-25-37(26-23-34)57-44-18-9-17-40-42-30-47-43(38-15-6-7-19-46(38)58-47)29-41(42)39-16-8-14-32-24-27-45(57)50(48(32)39)49(40)44/h2*1-30H. The average Bonchev–Trinajstić information content (AvgIpc) is 1.54. The van der Waals surface area contributed by atoms with Gasteiger partial charge in [0, 0.05) is 87.5 Å². The molecule has 6 heterocycles. The fourth-order valence-electron chi connectivity index (χ4n) is 18.8. The molecule has 24 aromatic rings. The van der Waals surface area contributed by atoms with Crippen molar-refractivity contribution in [1.29, 1.82) is 0 Å². The van der Waals surface area contributed by atoms with E-state index < -0.39 is 0 Å². The van der Waals surface area contributed by atoms with Crippen molar-refractivity contribution in [3.8, 4) is 124 Å². The van der Waals surface area contributed by atoms with Gasteiger partial charge in [0.2, 0.25) is 0 Å². The molecular weight excluding hydrogens is 1420 g/mol. The minimum Gasteiger partial charge on any atom is -0.456 e. The number of hydrogen-bond acceptors (Lipinski definition) is 8. The predicted octanol–water partition coefficient (Wildman–Crippen LogP) is 27.6. The number of hydrogen-bond donors (Lipinski definition) is 0. The van der Waals surface area contributed by atoms with Crippen molar-refractivity contribution in [1.82, 2.24) is 39.0 Å². The van der Waals surface area contributed by atoms with Crippen molar-refractivity contribution in [2.75, 3.05) is 0 Å². The SMILES string of the molecule is c1ccc(-c2nc(-c3ccc(-n4c5cccc6c5c5c7c(cccc7ccc54)-c4cc5c(cc4-6)oc4ccccc45)cc3)nc(-c3ccc4ccccc4c3)n2)cc1.c1ccc(-c2nc(-c3ccccc3)nc(-c3ccc(-n4c5cccc6c5c5c7c(cccc7ccc54)-c4cc5c(cc4-6)oc4ccccc45)c4ccccc34)n2)cc1. The second kappa shape index (κ2) is 24.9. The van der Waals surface area contributed by atoms with Gasteiger partial charge in [-0.05, 0) is 185 Å². The van der Waals surface area contributed by atoms with Crippen molar-refractivity contribution in [3.63, 3.8) is 0 Å². The summed E-state index contributed by atoms with van der Waals surface area (Å²) in [5, 5.41) is 19.1. The first-order valence-corrected chi connectivity index (χ1v) is 39.2. The Kier molecular flexibility index (Phi) is 13.7. The first-order valence-electron chi connectivity index (χ1n) is 39.2. The molecule has 26 rings (SSSR count). The van der Waals surface area contributed by atoms with E-state index in [9.17, 15) is 0 Å². The minimum absolute atomic E-state index is 0.631. The van der Waals surface area contributed by atoms with Crippen LogP contribution in [0.3, 0.4) is 0 Å². The van der Waals surface area contributed by atoms with Gasteiger partial charge in [-0.3, -0.25) is 0 Å². The van der Waals surface area contributed by atoms with Crippen molar-refractivity contribution in [2.45, 2.75) is 0 Å². The van der Waals surface area contributed by atoms with E-state index in [0.717, 1.165) is 116 Å². The first kappa shape index (κ1) is 63.9. The van der Waals surface area contributed by atoms with Crippen LogP contribution in [0.1, 0.15) is 0 Å². The van der Waals surface area contributed by atoms with Gasteiger partial charge in [-0.15, -0.1) is 0 Å². The molecule has 0 saturated carbocycles. The van der Waals surface area contributed by atoms with Crippen LogP contribution in [-0.2, 0) is 0 Å². The molecular formula is C106H60N8O2. The maximum Gasteiger partial charge on any atom is 0.164 e. The van der Waals surface area contributed by atoms with E-state index in [0.29, 0.717) is 34.9 Å². The second-order valence-electron chi connectivity index (χ2n) is 30.3. The molecule has 0 radical (unpaired) electrons. The molecule has 0 amide bonds. The van der Waals surface area contributed by atoms with Gasteiger partial charge in [0.05, 0.1) is 27.8 Å². The summed E-state index contributed by atoms with van der Waals surface area (Å²) in [6.45, 7) is 0. The van der Waals surface area contributed by atoms with Crippen LogP contribution in [0.25, 0.3) is 255 Å². The lowest BCUT2D eigenvalue weighted by Crippen LogP contribution is -2.01. The van der Waals surface area contributed by atoms with Crippen LogP contribution in [0.15, 0.2) is 373 Å². The Bertz CT molecular complexity index is 8270. The third-order valence-corrected chi connectivity index (χ3v) is 23.9. The molecule has 2 aliphatic carbocycles. The monoisotopic (exact) mass is 1480 g/mol. The average molecular weight is 1480 g/mol. The summed E-state index contributed by atoms with van der Waals surface area (Å²) in [5.74, 6) is 3.84. The minimum atomic E-state index is 0.631. The molecule has 536 valence electrons. The summed E-state index contributed by atoms with van der Waals surface area (Å²) in [6, 6.07) is 129. The van der Waals surface area contributed by atoms with Gasteiger partial charge in [0.1, 0.15) is 22.3 Å². The predicted molar refractivity (Wildman–Crippen MR) is 474 cm³/mol. The Morgan fingerprint density at radius 2 is 0.560 bits per heavy atom. The Hall–Kier alpha value is -15.8. The van der Waals surface area contributed by atoms with E-state index in [2.05, 4.69) is 270 Å². The fourth-order valence-corrected chi connectivity index (χ4v) is 18.8. The molecule has 0 spiro atoms. The van der Waals surface area contributed by atoms with E-state index in [1.54, 1.807) is 0 Å². The summed E-state index contributed by atoms with van der Waals surface area (Å²) in [6.07, 6.45) is 0. The van der Waals surface area contributed by atoms with Crippen molar-refractivity contribution in [2.24, 2.45) is 0 Å². The molecule has 0 saturated heterocycles. The number of benzene rings is 18. The van der Waals surface area contributed by atoms with Crippen LogP contribution >= 0.6 is 0 Å². The highest BCUT2D eigenvalue weighted by Crippen LogP contribution is 2.54. The zero-order valence-electron chi connectivity index (χ0n) is 62.0. The van der Waals surface area contributed by atoms with Crippen LogP contribution in [0.4, 0.5) is 0 Å². The van der Waals surface area contributed by atoms with Gasteiger partial charge in [0.15, 0.2) is 34.9 Å². The molecule has 0 N–H and O–H groups in total. The highest BCUT2D eigenvalue weighted by molar-refractivity contribution is 6.33. The highest BCUT2D eigenvalue weighted by atomic mass is 16.3.